The van der Waals surface area contributed by atoms with Crippen molar-refractivity contribution in [2.75, 3.05) is 32.8 Å². The van der Waals surface area contributed by atoms with Crippen LogP contribution in [0.1, 0.15) is 49.5 Å². The molecule has 0 bridgehead atoms. The molecule has 2 amide bonds. The van der Waals surface area contributed by atoms with E-state index in [4.69, 9.17) is 16.3 Å². The fraction of sp³-hybridized carbons (Fsp3) is 0.440. The number of benzene rings is 2. The molecule has 0 atom stereocenters. The summed E-state index contributed by atoms with van der Waals surface area (Å²) in [6, 6.07) is 15.2. The van der Waals surface area contributed by atoms with Gasteiger partial charge in [0.1, 0.15) is 5.75 Å². The van der Waals surface area contributed by atoms with Gasteiger partial charge in [0.2, 0.25) is 5.91 Å². The van der Waals surface area contributed by atoms with Gasteiger partial charge in [0.15, 0.2) is 0 Å². The SMILES string of the molecule is CC(C)(C)c1ccc(OCCCC(=O)N2CCN(C(=O)c3ccccc3Cl)CC2)cc1. The van der Waals surface area contributed by atoms with Gasteiger partial charge < -0.3 is 14.5 Å². The maximum atomic E-state index is 12.6. The molecule has 3 rings (SSSR count). The molecule has 0 unspecified atom stereocenters. The van der Waals surface area contributed by atoms with E-state index in [9.17, 15) is 9.59 Å². The van der Waals surface area contributed by atoms with Crippen molar-refractivity contribution in [2.45, 2.75) is 39.0 Å². The summed E-state index contributed by atoms with van der Waals surface area (Å²) in [7, 11) is 0. The topological polar surface area (TPSA) is 49.9 Å². The maximum absolute atomic E-state index is 12.6. The minimum Gasteiger partial charge on any atom is -0.494 e. The van der Waals surface area contributed by atoms with Crippen LogP contribution in [-0.2, 0) is 10.2 Å². The third-order valence-corrected chi connectivity index (χ3v) is 5.88. The Labute approximate surface area is 189 Å². The molecular formula is C25H31ClN2O3. The van der Waals surface area contributed by atoms with Gasteiger partial charge in [0.05, 0.1) is 17.2 Å². The largest absolute Gasteiger partial charge is 0.494 e. The molecule has 0 spiro atoms. The van der Waals surface area contributed by atoms with Gasteiger partial charge >= 0.3 is 0 Å². The van der Waals surface area contributed by atoms with E-state index >= 15 is 0 Å². The highest BCUT2D eigenvalue weighted by Crippen LogP contribution is 2.24. The third-order valence-electron chi connectivity index (χ3n) is 5.55. The van der Waals surface area contributed by atoms with Crippen LogP contribution < -0.4 is 4.74 Å². The summed E-state index contributed by atoms with van der Waals surface area (Å²) in [5.41, 5.74) is 1.89. The second-order valence-electron chi connectivity index (χ2n) is 8.88. The highest BCUT2D eigenvalue weighted by Gasteiger charge is 2.25. The lowest BCUT2D eigenvalue weighted by molar-refractivity contribution is -0.132. The zero-order valence-corrected chi connectivity index (χ0v) is 19.3. The molecule has 1 fully saturated rings. The Bertz CT molecular complexity index is 898. The molecule has 166 valence electrons. The lowest BCUT2D eigenvalue weighted by Crippen LogP contribution is -2.50. The van der Waals surface area contributed by atoms with Gasteiger partial charge in [0.25, 0.3) is 5.91 Å². The lowest BCUT2D eigenvalue weighted by Gasteiger charge is -2.35. The summed E-state index contributed by atoms with van der Waals surface area (Å²) in [6.45, 7) is 9.18. The second-order valence-corrected chi connectivity index (χ2v) is 9.29. The van der Waals surface area contributed by atoms with E-state index in [1.54, 1.807) is 29.2 Å². The molecule has 5 nitrogen and oxygen atoms in total. The van der Waals surface area contributed by atoms with Crippen LogP contribution in [0.15, 0.2) is 48.5 Å². The quantitative estimate of drug-likeness (QED) is 0.605. The van der Waals surface area contributed by atoms with E-state index in [1.165, 1.54) is 5.56 Å². The van der Waals surface area contributed by atoms with E-state index in [0.717, 1.165) is 5.75 Å². The van der Waals surface area contributed by atoms with Gasteiger partial charge in [-0.1, -0.05) is 56.6 Å². The van der Waals surface area contributed by atoms with E-state index < -0.39 is 0 Å². The maximum Gasteiger partial charge on any atom is 0.255 e. The summed E-state index contributed by atoms with van der Waals surface area (Å²) in [4.78, 5) is 28.7. The zero-order chi connectivity index (χ0) is 22.4. The van der Waals surface area contributed by atoms with Crippen molar-refractivity contribution >= 4 is 23.4 Å². The van der Waals surface area contributed by atoms with Crippen LogP contribution in [0.5, 0.6) is 5.75 Å². The number of halogens is 1. The summed E-state index contributed by atoms with van der Waals surface area (Å²) in [5.74, 6) is 0.854. The lowest BCUT2D eigenvalue weighted by atomic mass is 9.87. The van der Waals surface area contributed by atoms with E-state index in [0.29, 0.717) is 56.2 Å². The van der Waals surface area contributed by atoms with E-state index in [2.05, 4.69) is 32.9 Å². The Balaban J connectivity index is 1.38. The van der Waals surface area contributed by atoms with Crippen LogP contribution in [0.4, 0.5) is 0 Å². The number of amides is 2. The van der Waals surface area contributed by atoms with Gasteiger partial charge in [-0.15, -0.1) is 0 Å². The van der Waals surface area contributed by atoms with Crippen molar-refractivity contribution in [3.05, 3.63) is 64.7 Å². The van der Waals surface area contributed by atoms with Crippen LogP contribution in [0.25, 0.3) is 0 Å². The summed E-state index contributed by atoms with van der Waals surface area (Å²) < 4.78 is 5.78. The number of ether oxygens (including phenoxy) is 1. The molecule has 1 aliphatic rings. The molecule has 6 heteroatoms. The monoisotopic (exact) mass is 442 g/mol. The first-order valence-corrected chi connectivity index (χ1v) is 11.2. The van der Waals surface area contributed by atoms with Gasteiger partial charge in [-0.05, 0) is 41.7 Å². The molecule has 1 aliphatic heterocycles. The highest BCUT2D eigenvalue weighted by molar-refractivity contribution is 6.33. The average molecular weight is 443 g/mol. The van der Waals surface area contributed by atoms with Crippen molar-refractivity contribution in [2.24, 2.45) is 0 Å². The van der Waals surface area contributed by atoms with Crippen LogP contribution in [0.3, 0.4) is 0 Å². The first kappa shape index (κ1) is 23.1. The normalized spacial score (nSPS) is 14.5. The number of hydrogen-bond donors (Lipinski definition) is 0. The van der Waals surface area contributed by atoms with Gasteiger partial charge in [-0.25, -0.2) is 0 Å². The fourth-order valence-corrected chi connectivity index (χ4v) is 3.80. The summed E-state index contributed by atoms with van der Waals surface area (Å²) in [6.07, 6.45) is 1.11. The highest BCUT2D eigenvalue weighted by atomic mass is 35.5. The van der Waals surface area contributed by atoms with E-state index in [-0.39, 0.29) is 17.2 Å². The number of hydrogen-bond acceptors (Lipinski definition) is 3. The summed E-state index contributed by atoms with van der Waals surface area (Å²) >= 11 is 6.14. The predicted octanol–water partition coefficient (Wildman–Crippen LogP) is 4.78. The van der Waals surface area contributed by atoms with Crippen molar-refractivity contribution in [3.8, 4) is 5.75 Å². The minimum absolute atomic E-state index is 0.0800. The molecule has 1 heterocycles. The van der Waals surface area contributed by atoms with Crippen molar-refractivity contribution in [1.29, 1.82) is 0 Å². The van der Waals surface area contributed by atoms with Gasteiger partial charge in [-0.2, -0.15) is 0 Å². The number of nitrogens with zero attached hydrogens (tertiary/aromatic N) is 2. The summed E-state index contributed by atoms with van der Waals surface area (Å²) in [5, 5.41) is 0.457. The molecule has 2 aromatic rings. The Hall–Kier alpha value is -2.53. The van der Waals surface area contributed by atoms with Gasteiger partial charge in [0, 0.05) is 32.6 Å². The van der Waals surface area contributed by atoms with Gasteiger partial charge in [-0.3, -0.25) is 9.59 Å². The first-order chi connectivity index (χ1) is 14.8. The smallest absolute Gasteiger partial charge is 0.255 e. The van der Waals surface area contributed by atoms with Crippen molar-refractivity contribution in [1.82, 2.24) is 9.80 Å². The number of rotatable bonds is 6. The Morgan fingerprint density at radius 3 is 2.16 bits per heavy atom. The van der Waals surface area contributed by atoms with Crippen LogP contribution in [-0.4, -0.2) is 54.4 Å². The standard InChI is InChI=1S/C25H31ClN2O3/c1-25(2,3)19-10-12-20(13-11-19)31-18-6-9-23(29)27-14-16-28(17-15-27)24(30)21-7-4-5-8-22(21)26/h4-5,7-8,10-13H,6,9,14-18H2,1-3H3. The van der Waals surface area contributed by atoms with Crippen molar-refractivity contribution < 1.29 is 14.3 Å². The molecule has 2 aromatic carbocycles. The predicted molar refractivity (Wildman–Crippen MR) is 124 cm³/mol. The molecule has 0 saturated carbocycles. The molecular weight excluding hydrogens is 412 g/mol. The Morgan fingerprint density at radius 2 is 1.55 bits per heavy atom. The first-order valence-electron chi connectivity index (χ1n) is 10.8. The zero-order valence-electron chi connectivity index (χ0n) is 18.6. The fourth-order valence-electron chi connectivity index (χ4n) is 3.59. The molecule has 0 radical (unpaired) electrons. The Kier molecular flexibility index (Phi) is 7.60. The second kappa shape index (κ2) is 10.2. The van der Waals surface area contributed by atoms with Crippen LogP contribution >= 0.6 is 11.6 Å². The molecule has 0 aliphatic carbocycles. The molecule has 0 aromatic heterocycles. The number of carbonyl (C=O) groups excluding carboxylic acids is 2. The minimum atomic E-state index is -0.0800. The third kappa shape index (κ3) is 6.23. The number of carbonyl (C=O) groups is 2. The Morgan fingerprint density at radius 1 is 0.935 bits per heavy atom. The average Bonchev–Trinajstić information content (AvgIpc) is 2.76. The van der Waals surface area contributed by atoms with Crippen LogP contribution in [0, 0.1) is 0 Å². The molecule has 31 heavy (non-hydrogen) atoms. The van der Waals surface area contributed by atoms with E-state index in [1.807, 2.05) is 17.0 Å². The molecule has 1 saturated heterocycles. The molecule has 0 N–H and O–H groups in total. The van der Waals surface area contributed by atoms with Crippen LogP contribution in [0.2, 0.25) is 5.02 Å². The van der Waals surface area contributed by atoms with Crippen molar-refractivity contribution in [3.63, 3.8) is 0 Å². The number of piperazine rings is 1.